The van der Waals surface area contributed by atoms with Crippen molar-refractivity contribution in [3.05, 3.63) is 46.1 Å². The largest absolute Gasteiger partial charge is 0.466 e. The molecule has 1 aliphatic rings. The Kier molecular flexibility index (Phi) is 8.85. The van der Waals surface area contributed by atoms with Crippen LogP contribution in [0.3, 0.4) is 0 Å². The Morgan fingerprint density at radius 3 is 2.62 bits per heavy atom. The number of rotatable bonds is 8. The molecule has 1 aromatic carbocycles. The molecule has 1 heterocycles. The second kappa shape index (κ2) is 11.1. The van der Waals surface area contributed by atoms with Crippen molar-refractivity contribution in [2.45, 2.75) is 27.2 Å². The topological polar surface area (TPSA) is 71.4 Å². The zero-order valence-electron chi connectivity index (χ0n) is 17.2. The maximum absolute atomic E-state index is 12.7. The molecular weight excluding hydrogens is 438 g/mol. The van der Waals surface area contributed by atoms with Crippen molar-refractivity contribution in [1.82, 2.24) is 9.91 Å². The lowest BCUT2D eigenvalue weighted by Gasteiger charge is -2.29. The highest BCUT2D eigenvalue weighted by Crippen LogP contribution is 2.23. The molecule has 1 fully saturated rings. The molecule has 0 atom stereocenters. The van der Waals surface area contributed by atoms with Gasteiger partial charge in [-0.25, -0.2) is 0 Å². The average molecular weight is 466 g/mol. The van der Waals surface area contributed by atoms with Crippen molar-refractivity contribution in [2.75, 3.05) is 39.5 Å². The number of morpholine rings is 1. The smallest absolute Gasteiger partial charge is 0.311 e. The summed E-state index contributed by atoms with van der Waals surface area (Å²) in [5.74, 6) is -0.429. The maximum Gasteiger partial charge on any atom is 0.311 e. The monoisotopic (exact) mass is 465 g/mol. The summed E-state index contributed by atoms with van der Waals surface area (Å²) in [7, 11) is 0. The van der Waals surface area contributed by atoms with Crippen molar-refractivity contribution >= 4 is 33.5 Å². The fourth-order valence-electron chi connectivity index (χ4n) is 2.96. The van der Waals surface area contributed by atoms with Crippen LogP contribution in [0, 0.1) is 6.92 Å². The second-order valence-corrected chi connectivity index (χ2v) is 7.60. The Balaban J connectivity index is 2.35. The molecule has 158 valence electrons. The van der Waals surface area contributed by atoms with Gasteiger partial charge >= 0.3 is 5.97 Å². The molecule has 7 nitrogen and oxygen atoms in total. The minimum absolute atomic E-state index is 0.00712. The number of halogens is 1. The van der Waals surface area contributed by atoms with Gasteiger partial charge in [-0.05, 0) is 32.4 Å². The number of ether oxygens (including phenoxy) is 2. The first-order valence-corrected chi connectivity index (χ1v) is 10.4. The molecule has 0 bridgehead atoms. The number of aryl methyl sites for hydroxylation is 1. The summed E-state index contributed by atoms with van der Waals surface area (Å²) >= 11 is 3.55. The predicted molar refractivity (Wildman–Crippen MR) is 116 cm³/mol. The van der Waals surface area contributed by atoms with Crippen molar-refractivity contribution in [3.8, 4) is 0 Å². The normalized spacial score (nSPS) is 14.5. The van der Waals surface area contributed by atoms with Crippen LogP contribution in [0.5, 0.6) is 0 Å². The fourth-order valence-corrected chi connectivity index (χ4v) is 3.66. The van der Waals surface area contributed by atoms with E-state index in [9.17, 15) is 9.59 Å². The van der Waals surface area contributed by atoms with E-state index in [2.05, 4.69) is 27.6 Å². The predicted octanol–water partition coefficient (Wildman–Crippen LogP) is 3.11. The minimum atomic E-state index is -0.373. The Morgan fingerprint density at radius 1 is 1.34 bits per heavy atom. The average Bonchev–Trinajstić information content (AvgIpc) is 2.67. The number of nitrogens with zero attached hydrogens (tertiary/aromatic N) is 3. The lowest BCUT2D eigenvalue weighted by molar-refractivity contribution is -0.141. The highest BCUT2D eigenvalue weighted by atomic mass is 79.9. The third kappa shape index (κ3) is 6.68. The van der Waals surface area contributed by atoms with Crippen LogP contribution in [0.4, 0.5) is 0 Å². The van der Waals surface area contributed by atoms with Crippen LogP contribution in [0.25, 0.3) is 0 Å². The van der Waals surface area contributed by atoms with Crippen LogP contribution in [0.15, 0.2) is 40.0 Å². The van der Waals surface area contributed by atoms with Gasteiger partial charge in [-0.3, -0.25) is 14.6 Å². The number of esters is 1. The number of hydrazone groups is 1. The molecule has 1 saturated heterocycles. The van der Waals surface area contributed by atoms with Crippen molar-refractivity contribution < 1.29 is 19.1 Å². The standard InChI is InChI=1S/C21H28BrN3O4/c1-5-29-20(27)13-18(21-16(4)7-6-8-17(21)22)23-25(15(2)3)14-19(26)24-9-11-28-12-10-24/h6-8H,2,5,9-14H2,1,3-4H3/b23-18-. The summed E-state index contributed by atoms with van der Waals surface area (Å²) in [6.07, 6.45) is -0.00712. The van der Waals surface area contributed by atoms with Gasteiger partial charge in [0, 0.05) is 28.8 Å². The van der Waals surface area contributed by atoms with Crippen LogP contribution < -0.4 is 0 Å². The molecule has 0 saturated carbocycles. The van der Waals surface area contributed by atoms with Crippen molar-refractivity contribution in [3.63, 3.8) is 0 Å². The Hall–Kier alpha value is -2.19. The van der Waals surface area contributed by atoms with Gasteiger partial charge in [0.05, 0.1) is 32.0 Å². The van der Waals surface area contributed by atoms with E-state index in [4.69, 9.17) is 9.47 Å². The number of hydrogen-bond acceptors (Lipinski definition) is 6. The minimum Gasteiger partial charge on any atom is -0.466 e. The summed E-state index contributed by atoms with van der Waals surface area (Å²) in [6.45, 7) is 12.0. The van der Waals surface area contributed by atoms with Crippen molar-refractivity contribution in [2.24, 2.45) is 5.10 Å². The summed E-state index contributed by atoms with van der Waals surface area (Å²) in [4.78, 5) is 26.7. The first-order chi connectivity index (χ1) is 13.8. The second-order valence-electron chi connectivity index (χ2n) is 6.75. The Morgan fingerprint density at radius 2 is 2.03 bits per heavy atom. The van der Waals surface area contributed by atoms with E-state index < -0.39 is 0 Å². The third-order valence-electron chi connectivity index (χ3n) is 4.46. The number of carbonyl (C=O) groups excluding carboxylic acids is 2. The quantitative estimate of drug-likeness (QED) is 0.335. The summed E-state index contributed by atoms with van der Waals surface area (Å²) < 4.78 is 11.3. The first-order valence-electron chi connectivity index (χ1n) is 9.60. The van der Waals surface area contributed by atoms with E-state index in [1.54, 1.807) is 23.8 Å². The lowest BCUT2D eigenvalue weighted by Crippen LogP contribution is -2.44. The van der Waals surface area contributed by atoms with Gasteiger partial charge in [0.25, 0.3) is 0 Å². The molecule has 0 N–H and O–H groups in total. The van der Waals surface area contributed by atoms with E-state index in [1.807, 2.05) is 25.1 Å². The van der Waals surface area contributed by atoms with Gasteiger partial charge in [0.2, 0.25) is 5.91 Å². The molecule has 1 aliphatic heterocycles. The van der Waals surface area contributed by atoms with Crippen LogP contribution in [-0.4, -0.2) is 67.0 Å². The number of hydrogen-bond donors (Lipinski definition) is 0. The van der Waals surface area contributed by atoms with Crippen LogP contribution >= 0.6 is 15.9 Å². The highest BCUT2D eigenvalue weighted by molar-refractivity contribution is 9.10. The molecule has 29 heavy (non-hydrogen) atoms. The molecule has 0 aromatic heterocycles. The molecule has 8 heteroatoms. The number of benzene rings is 1. The SMILES string of the molecule is C=C(C)N(CC(=O)N1CCOCC1)/N=C(/CC(=O)OCC)c1c(C)cccc1Br. The Bertz CT molecular complexity index is 768. The third-order valence-corrected chi connectivity index (χ3v) is 5.12. The van der Waals surface area contributed by atoms with E-state index in [-0.39, 0.29) is 24.8 Å². The summed E-state index contributed by atoms with van der Waals surface area (Å²) in [5.41, 5.74) is 2.90. The van der Waals surface area contributed by atoms with Gasteiger partial charge in [-0.1, -0.05) is 34.6 Å². The molecule has 0 aliphatic carbocycles. The lowest BCUT2D eigenvalue weighted by atomic mass is 10.0. The van der Waals surface area contributed by atoms with Crippen LogP contribution in [-0.2, 0) is 19.1 Å². The summed E-state index contributed by atoms with van der Waals surface area (Å²) in [5, 5.41) is 6.21. The van der Waals surface area contributed by atoms with Gasteiger partial charge in [0.1, 0.15) is 6.54 Å². The van der Waals surface area contributed by atoms with Gasteiger partial charge in [-0.2, -0.15) is 5.10 Å². The van der Waals surface area contributed by atoms with E-state index in [0.29, 0.717) is 44.3 Å². The van der Waals surface area contributed by atoms with Crippen LogP contribution in [0.2, 0.25) is 0 Å². The Labute approximate surface area is 180 Å². The first kappa shape index (κ1) is 23.1. The highest BCUT2D eigenvalue weighted by Gasteiger charge is 2.22. The molecule has 1 aromatic rings. The number of carbonyl (C=O) groups is 2. The van der Waals surface area contributed by atoms with Crippen molar-refractivity contribution in [1.29, 1.82) is 0 Å². The molecular formula is C21H28BrN3O4. The van der Waals surface area contributed by atoms with E-state index in [0.717, 1.165) is 15.6 Å². The summed E-state index contributed by atoms with van der Waals surface area (Å²) in [6, 6.07) is 5.77. The molecule has 2 rings (SSSR count). The van der Waals surface area contributed by atoms with Gasteiger partial charge in [0.15, 0.2) is 0 Å². The number of allylic oxidation sites excluding steroid dienone is 1. The molecule has 0 radical (unpaired) electrons. The maximum atomic E-state index is 12.7. The fraction of sp³-hybridized carbons (Fsp3) is 0.476. The van der Waals surface area contributed by atoms with E-state index >= 15 is 0 Å². The van der Waals surface area contributed by atoms with Crippen LogP contribution in [0.1, 0.15) is 31.4 Å². The molecule has 0 unspecified atom stereocenters. The van der Waals surface area contributed by atoms with E-state index in [1.165, 1.54) is 0 Å². The van der Waals surface area contributed by atoms with Gasteiger partial charge in [-0.15, -0.1) is 0 Å². The van der Waals surface area contributed by atoms with Gasteiger partial charge < -0.3 is 14.4 Å². The molecule has 0 spiro atoms. The zero-order valence-corrected chi connectivity index (χ0v) is 18.8. The zero-order chi connectivity index (χ0) is 21.4. The molecule has 1 amide bonds. The number of amides is 1.